The maximum Gasteiger partial charge on any atom is 4.00 e. The van der Waals surface area contributed by atoms with Gasteiger partial charge in [-0.05, 0) is 0 Å². The van der Waals surface area contributed by atoms with Gasteiger partial charge in [-0.3, -0.25) is 0 Å². The summed E-state index contributed by atoms with van der Waals surface area (Å²) in [5, 5.41) is 0. The average molecular weight is 140 g/mol. The Bertz CT molecular complexity index is 9.61. The third kappa shape index (κ3) is 26.2. The molecule has 0 N–H and O–H groups in total. The van der Waals surface area contributed by atoms with Crippen LogP contribution in [0.4, 0.5) is 0 Å². The minimum absolute atomic E-state index is 0. The first-order chi connectivity index (χ1) is 0. The standard InChI is InChI=1S/Cr.Li.2O.Ti.H/q;;2*-2;+4;. The van der Waals surface area contributed by atoms with Crippen LogP contribution < -0.4 is 0 Å². The van der Waals surface area contributed by atoms with Crippen LogP contribution in [0.5, 0.6) is 0 Å². The van der Waals surface area contributed by atoms with E-state index in [4.69, 9.17) is 0 Å². The largest absolute Gasteiger partial charge is 4.00 e. The Morgan fingerprint density at radius 3 is 0.800 bits per heavy atom. The molecule has 0 aromatic rings. The van der Waals surface area contributed by atoms with E-state index in [1.165, 1.54) is 0 Å². The van der Waals surface area contributed by atoms with E-state index in [1.54, 1.807) is 0 Å². The summed E-state index contributed by atoms with van der Waals surface area (Å²) in [7, 11) is 0. The summed E-state index contributed by atoms with van der Waals surface area (Å²) in [6, 6.07) is 0. The van der Waals surface area contributed by atoms with Gasteiger partial charge in [-0.1, -0.05) is 0 Å². The molecular formula is HCrLiO2Ti. The van der Waals surface area contributed by atoms with Gasteiger partial charge in [0.2, 0.25) is 0 Å². The molecule has 0 radical (unpaired) electrons. The first-order valence-electron chi connectivity index (χ1n) is 0. The van der Waals surface area contributed by atoms with Crippen LogP contribution in [0.3, 0.4) is 0 Å². The smallest absolute Gasteiger partial charge is 2.00 e. The minimum atomic E-state index is 0. The maximum absolute atomic E-state index is 0. The Hall–Kier alpha value is 1.76. The van der Waals surface area contributed by atoms with Gasteiger partial charge in [-0.15, -0.1) is 0 Å². The molecule has 0 bridgehead atoms. The van der Waals surface area contributed by atoms with Crippen molar-refractivity contribution in [2.75, 3.05) is 0 Å². The second-order valence-electron chi connectivity index (χ2n) is 0. The monoisotopic (exact) mass is 140 g/mol. The van der Waals surface area contributed by atoms with Gasteiger partial charge in [0.05, 0.1) is 0 Å². The predicted molar refractivity (Wildman–Crippen MR) is 8.52 cm³/mol. The minimum Gasteiger partial charge on any atom is -2.00 e. The van der Waals surface area contributed by atoms with Crippen molar-refractivity contribution in [1.82, 2.24) is 0 Å². The van der Waals surface area contributed by atoms with Gasteiger partial charge in [0.25, 0.3) is 0 Å². The van der Waals surface area contributed by atoms with Crippen LogP contribution in [0.2, 0.25) is 0 Å². The molecule has 0 rings (SSSR count). The zero-order valence-corrected chi connectivity index (χ0v) is 4.56. The molecule has 0 spiro atoms. The van der Waals surface area contributed by atoms with Crippen LogP contribution >= 0.6 is 0 Å². The van der Waals surface area contributed by atoms with Crippen LogP contribution in [0.1, 0.15) is 0 Å². The fourth-order valence-electron chi connectivity index (χ4n) is 0. The van der Waals surface area contributed by atoms with Crippen molar-refractivity contribution in [3.8, 4) is 0 Å². The first-order valence-corrected chi connectivity index (χ1v) is 0. The summed E-state index contributed by atoms with van der Waals surface area (Å²) in [4.78, 5) is 0. The topological polar surface area (TPSA) is 57.0 Å². The molecule has 0 fully saturated rings. The van der Waals surface area contributed by atoms with Crippen molar-refractivity contribution >= 4 is 18.9 Å². The van der Waals surface area contributed by atoms with Gasteiger partial charge >= 0.3 is 40.6 Å². The van der Waals surface area contributed by atoms with Gasteiger partial charge in [0.15, 0.2) is 0 Å². The van der Waals surface area contributed by atoms with Crippen molar-refractivity contribution < 1.29 is 50.0 Å². The van der Waals surface area contributed by atoms with Gasteiger partial charge in [0.1, 0.15) is 0 Å². The Morgan fingerprint density at radius 1 is 0.800 bits per heavy atom. The molecule has 0 aliphatic rings. The Morgan fingerprint density at radius 2 is 0.800 bits per heavy atom. The van der Waals surface area contributed by atoms with Crippen molar-refractivity contribution in [2.24, 2.45) is 0 Å². The summed E-state index contributed by atoms with van der Waals surface area (Å²) < 4.78 is 0. The van der Waals surface area contributed by atoms with E-state index < -0.39 is 0 Å². The molecule has 0 aliphatic heterocycles. The number of hydrogen-bond acceptors (Lipinski definition) is 0. The molecule has 0 aliphatic carbocycles. The van der Waals surface area contributed by atoms with Crippen LogP contribution in [0, 0.1) is 0 Å². The summed E-state index contributed by atoms with van der Waals surface area (Å²) in [5.41, 5.74) is 0. The van der Waals surface area contributed by atoms with E-state index in [9.17, 15) is 0 Å². The van der Waals surface area contributed by atoms with E-state index in [0.29, 0.717) is 0 Å². The molecule has 0 amide bonds. The molecule has 0 saturated heterocycles. The number of hydrogen-bond donors (Lipinski definition) is 0. The molecular weight excluding hydrogens is 139 g/mol. The summed E-state index contributed by atoms with van der Waals surface area (Å²) >= 11 is 0. The van der Waals surface area contributed by atoms with Crippen molar-refractivity contribution in [3.05, 3.63) is 0 Å². The fourth-order valence-corrected chi connectivity index (χ4v) is 0. The molecule has 0 heterocycles. The average Bonchev–Trinajstić information content (AvgIpc) is 0. The molecule has 5 heteroatoms. The second-order valence-corrected chi connectivity index (χ2v) is 0. The zero-order valence-electron chi connectivity index (χ0n) is 1.72. The summed E-state index contributed by atoms with van der Waals surface area (Å²) in [6.45, 7) is 0. The molecule has 24 valence electrons. The maximum atomic E-state index is 0. The Kier molecular flexibility index (Phi) is 607. The van der Waals surface area contributed by atoms with Crippen molar-refractivity contribution in [3.63, 3.8) is 0 Å². The molecule has 0 atom stereocenters. The molecule has 0 saturated carbocycles. The van der Waals surface area contributed by atoms with Gasteiger partial charge in [0, 0.05) is 17.4 Å². The fraction of sp³-hybridized carbons (Fsp3) is 0. The van der Waals surface area contributed by atoms with Gasteiger partial charge in [-0.2, -0.15) is 0 Å². The zero-order chi connectivity index (χ0) is 0. The first kappa shape index (κ1) is 72.2. The summed E-state index contributed by atoms with van der Waals surface area (Å²) in [5.74, 6) is 0. The molecule has 0 unspecified atom stereocenters. The SMILES string of the molecule is [Cr].[LiH].[O-2].[O-2].[Ti+4]. The van der Waals surface area contributed by atoms with Crippen molar-refractivity contribution in [1.29, 1.82) is 0 Å². The quantitative estimate of drug-likeness (QED) is 0.391. The molecule has 5 heavy (non-hydrogen) atoms. The van der Waals surface area contributed by atoms with E-state index in [-0.39, 0.29) is 68.9 Å². The van der Waals surface area contributed by atoms with E-state index in [0.717, 1.165) is 0 Å². The van der Waals surface area contributed by atoms with Crippen LogP contribution in [0.25, 0.3) is 0 Å². The van der Waals surface area contributed by atoms with E-state index in [2.05, 4.69) is 0 Å². The van der Waals surface area contributed by atoms with Crippen LogP contribution in [-0.4, -0.2) is 18.9 Å². The van der Waals surface area contributed by atoms with Crippen molar-refractivity contribution in [2.45, 2.75) is 0 Å². The predicted octanol–water partition coefficient (Wildman–Crippen LogP) is -0.891. The molecule has 0 aromatic carbocycles. The van der Waals surface area contributed by atoms with Crippen LogP contribution in [0.15, 0.2) is 0 Å². The van der Waals surface area contributed by atoms with Gasteiger partial charge in [-0.25, -0.2) is 0 Å². The summed E-state index contributed by atoms with van der Waals surface area (Å²) in [6.07, 6.45) is 0. The van der Waals surface area contributed by atoms with Gasteiger partial charge < -0.3 is 11.0 Å². The molecule has 2 nitrogen and oxygen atoms in total. The Balaban J connectivity index is 0. The third-order valence-corrected chi connectivity index (χ3v) is 0. The molecule has 0 aromatic heterocycles. The van der Waals surface area contributed by atoms with Crippen LogP contribution in [-0.2, 0) is 50.0 Å². The Labute approximate surface area is 68.5 Å². The normalized spacial score (nSPS) is 0. The second kappa shape index (κ2) is 42.0. The van der Waals surface area contributed by atoms with E-state index in [1.807, 2.05) is 0 Å². The third-order valence-electron chi connectivity index (χ3n) is 0. The van der Waals surface area contributed by atoms with E-state index >= 15 is 0 Å². The number of rotatable bonds is 0.